The first-order chi connectivity index (χ1) is 11.6. The minimum absolute atomic E-state index is 0.138. The van der Waals surface area contributed by atoms with Crippen molar-refractivity contribution in [3.63, 3.8) is 0 Å². The monoisotopic (exact) mass is 349 g/mol. The first-order valence-corrected chi connectivity index (χ1v) is 8.71. The van der Waals surface area contributed by atoms with Crippen molar-refractivity contribution >= 4 is 17.2 Å². The van der Waals surface area contributed by atoms with E-state index in [1.165, 1.54) is 19.2 Å². The molecule has 0 unspecified atom stereocenters. The average molecular weight is 349 g/mol. The number of thiazole rings is 1. The molecule has 0 atom stereocenters. The molecule has 1 aromatic carbocycles. The second kappa shape index (κ2) is 7.27. The van der Waals surface area contributed by atoms with Crippen LogP contribution in [-0.2, 0) is 6.54 Å². The van der Waals surface area contributed by atoms with Gasteiger partial charge in [0.05, 0.1) is 17.8 Å². The number of ether oxygens (including phenoxy) is 1. The third kappa shape index (κ3) is 3.73. The van der Waals surface area contributed by atoms with Crippen molar-refractivity contribution in [2.45, 2.75) is 13.5 Å². The van der Waals surface area contributed by atoms with Crippen LogP contribution >= 0.6 is 11.3 Å². The second-order valence-electron chi connectivity index (χ2n) is 5.78. The van der Waals surface area contributed by atoms with Gasteiger partial charge in [0, 0.05) is 43.7 Å². The van der Waals surface area contributed by atoms with E-state index in [4.69, 9.17) is 4.74 Å². The van der Waals surface area contributed by atoms with E-state index in [0.29, 0.717) is 18.7 Å². The number of nitrogens with zero attached hydrogens (tertiary/aromatic N) is 3. The largest absolute Gasteiger partial charge is 0.494 e. The van der Waals surface area contributed by atoms with E-state index in [2.05, 4.69) is 15.3 Å². The van der Waals surface area contributed by atoms with Crippen LogP contribution < -0.4 is 4.74 Å². The van der Waals surface area contributed by atoms with Crippen LogP contribution in [0, 0.1) is 12.7 Å². The predicted molar refractivity (Wildman–Crippen MR) is 91.0 cm³/mol. The van der Waals surface area contributed by atoms with Crippen LogP contribution in [0.25, 0.3) is 0 Å². The maximum absolute atomic E-state index is 13.8. The van der Waals surface area contributed by atoms with Gasteiger partial charge in [-0.25, -0.2) is 9.37 Å². The number of halogens is 1. The number of hydrogen-bond acceptors (Lipinski definition) is 5. The van der Waals surface area contributed by atoms with Crippen molar-refractivity contribution in [2.75, 3.05) is 33.3 Å². The molecule has 24 heavy (non-hydrogen) atoms. The summed E-state index contributed by atoms with van der Waals surface area (Å²) in [6.45, 7) is 5.66. The zero-order valence-corrected chi connectivity index (χ0v) is 14.6. The molecule has 1 aliphatic rings. The fourth-order valence-electron chi connectivity index (χ4n) is 2.80. The Morgan fingerprint density at radius 3 is 2.67 bits per heavy atom. The van der Waals surface area contributed by atoms with Crippen LogP contribution in [0.3, 0.4) is 0 Å². The highest BCUT2D eigenvalue weighted by molar-refractivity contribution is 7.09. The fourth-order valence-corrected chi connectivity index (χ4v) is 3.40. The Morgan fingerprint density at radius 2 is 2.08 bits per heavy atom. The lowest BCUT2D eigenvalue weighted by Gasteiger charge is -2.34. The lowest BCUT2D eigenvalue weighted by Crippen LogP contribution is -2.48. The minimum atomic E-state index is -0.513. The van der Waals surface area contributed by atoms with Crippen LogP contribution in [0.4, 0.5) is 4.39 Å². The SMILES string of the molecule is COc1ccc(C(=O)N2CCN(Cc3csc(C)n3)CC2)cc1F. The minimum Gasteiger partial charge on any atom is -0.494 e. The van der Waals surface area contributed by atoms with E-state index in [0.717, 1.165) is 30.3 Å². The summed E-state index contributed by atoms with van der Waals surface area (Å²) in [6, 6.07) is 4.34. The molecule has 0 N–H and O–H groups in total. The molecule has 2 aromatic rings. The smallest absolute Gasteiger partial charge is 0.254 e. The molecule has 0 bridgehead atoms. The summed E-state index contributed by atoms with van der Waals surface area (Å²) in [7, 11) is 1.41. The summed E-state index contributed by atoms with van der Waals surface area (Å²) in [5, 5.41) is 3.15. The number of methoxy groups -OCH3 is 1. The van der Waals surface area contributed by atoms with E-state index >= 15 is 0 Å². The molecule has 1 aromatic heterocycles. The lowest BCUT2D eigenvalue weighted by molar-refractivity contribution is 0.0626. The normalized spacial score (nSPS) is 15.5. The Labute approximate surface area is 144 Å². The van der Waals surface area contributed by atoms with Crippen molar-refractivity contribution in [3.8, 4) is 5.75 Å². The van der Waals surface area contributed by atoms with Crippen LogP contribution in [0.1, 0.15) is 21.1 Å². The van der Waals surface area contributed by atoms with Crippen LogP contribution in [0.5, 0.6) is 5.75 Å². The fraction of sp³-hybridized carbons (Fsp3) is 0.412. The van der Waals surface area contributed by atoms with Gasteiger partial charge in [-0.3, -0.25) is 9.69 Å². The van der Waals surface area contributed by atoms with Crippen molar-refractivity contribution in [1.29, 1.82) is 0 Å². The molecule has 2 heterocycles. The number of hydrogen-bond donors (Lipinski definition) is 0. The van der Waals surface area contributed by atoms with Crippen molar-refractivity contribution < 1.29 is 13.9 Å². The number of piperazine rings is 1. The van der Waals surface area contributed by atoms with Gasteiger partial charge in [0.15, 0.2) is 11.6 Å². The first kappa shape index (κ1) is 16.9. The van der Waals surface area contributed by atoms with Gasteiger partial charge in [-0.15, -0.1) is 11.3 Å². The van der Waals surface area contributed by atoms with Crippen molar-refractivity contribution in [2.24, 2.45) is 0 Å². The standard InChI is InChI=1S/C17H20FN3O2S/c1-12-19-14(11-24-12)10-20-5-7-21(8-6-20)17(22)13-3-4-16(23-2)15(18)9-13/h3-4,9,11H,5-8,10H2,1-2H3. The van der Waals surface area contributed by atoms with E-state index in [1.54, 1.807) is 22.3 Å². The number of aryl methyl sites for hydroxylation is 1. The Balaban J connectivity index is 1.57. The molecule has 128 valence electrons. The van der Waals surface area contributed by atoms with Crippen LogP contribution in [0.2, 0.25) is 0 Å². The molecule has 1 fully saturated rings. The molecular weight excluding hydrogens is 329 g/mol. The molecule has 1 saturated heterocycles. The molecular formula is C17H20FN3O2S. The first-order valence-electron chi connectivity index (χ1n) is 7.83. The molecule has 1 amide bonds. The molecule has 0 radical (unpaired) electrons. The predicted octanol–water partition coefficient (Wildman–Crippen LogP) is 2.56. The molecule has 0 aliphatic carbocycles. The summed E-state index contributed by atoms with van der Waals surface area (Å²) >= 11 is 1.65. The summed E-state index contributed by atoms with van der Waals surface area (Å²) in [6.07, 6.45) is 0. The maximum atomic E-state index is 13.8. The summed E-state index contributed by atoms with van der Waals surface area (Å²) in [5.74, 6) is -0.503. The number of aromatic nitrogens is 1. The quantitative estimate of drug-likeness (QED) is 0.851. The second-order valence-corrected chi connectivity index (χ2v) is 6.84. The Morgan fingerprint density at radius 1 is 1.33 bits per heavy atom. The van der Waals surface area contributed by atoms with E-state index in [9.17, 15) is 9.18 Å². The van der Waals surface area contributed by atoms with E-state index < -0.39 is 5.82 Å². The Kier molecular flexibility index (Phi) is 5.11. The number of carbonyl (C=O) groups is 1. The van der Waals surface area contributed by atoms with Gasteiger partial charge in [-0.1, -0.05) is 0 Å². The summed E-state index contributed by atoms with van der Waals surface area (Å²) < 4.78 is 18.7. The third-order valence-electron chi connectivity index (χ3n) is 4.11. The van der Waals surface area contributed by atoms with Crippen LogP contribution in [0.15, 0.2) is 23.6 Å². The van der Waals surface area contributed by atoms with Gasteiger partial charge in [0.1, 0.15) is 0 Å². The van der Waals surface area contributed by atoms with Gasteiger partial charge in [0.2, 0.25) is 0 Å². The Hall–Kier alpha value is -1.99. The van der Waals surface area contributed by atoms with E-state index in [1.807, 2.05) is 6.92 Å². The molecule has 7 heteroatoms. The topological polar surface area (TPSA) is 45.7 Å². The highest BCUT2D eigenvalue weighted by Crippen LogP contribution is 2.19. The molecule has 5 nitrogen and oxygen atoms in total. The number of amides is 1. The van der Waals surface area contributed by atoms with Crippen LogP contribution in [-0.4, -0.2) is 54.0 Å². The maximum Gasteiger partial charge on any atom is 0.254 e. The molecule has 3 rings (SSSR count). The van der Waals surface area contributed by atoms with Gasteiger partial charge in [-0.2, -0.15) is 0 Å². The number of benzene rings is 1. The van der Waals surface area contributed by atoms with Gasteiger partial charge in [-0.05, 0) is 25.1 Å². The highest BCUT2D eigenvalue weighted by atomic mass is 32.1. The summed E-state index contributed by atoms with van der Waals surface area (Å²) in [4.78, 5) is 21.0. The van der Waals surface area contributed by atoms with Gasteiger partial charge >= 0.3 is 0 Å². The highest BCUT2D eigenvalue weighted by Gasteiger charge is 2.23. The molecule has 0 saturated carbocycles. The molecule has 1 aliphatic heterocycles. The third-order valence-corrected chi connectivity index (χ3v) is 4.93. The summed E-state index contributed by atoms with van der Waals surface area (Å²) in [5.41, 5.74) is 1.44. The van der Waals surface area contributed by atoms with E-state index in [-0.39, 0.29) is 11.7 Å². The molecule has 0 spiro atoms. The zero-order valence-electron chi connectivity index (χ0n) is 13.8. The Bertz CT molecular complexity index is 726. The zero-order chi connectivity index (χ0) is 17.1. The van der Waals surface area contributed by atoms with Gasteiger partial charge < -0.3 is 9.64 Å². The lowest BCUT2D eigenvalue weighted by atomic mass is 10.1. The van der Waals surface area contributed by atoms with Crippen molar-refractivity contribution in [1.82, 2.24) is 14.8 Å². The van der Waals surface area contributed by atoms with Gasteiger partial charge in [0.25, 0.3) is 5.91 Å². The number of carbonyl (C=O) groups excluding carboxylic acids is 1. The number of rotatable bonds is 4. The average Bonchev–Trinajstić information content (AvgIpc) is 2.99. The van der Waals surface area contributed by atoms with Crippen molar-refractivity contribution in [3.05, 3.63) is 45.7 Å².